The molecule has 0 fully saturated rings. The van der Waals surface area contributed by atoms with E-state index >= 15 is 0 Å². The van der Waals surface area contributed by atoms with Crippen molar-refractivity contribution in [1.29, 1.82) is 0 Å². The first-order valence-electron chi connectivity index (χ1n) is 9.51. The number of aromatic nitrogens is 2. The zero-order valence-electron chi connectivity index (χ0n) is 16.1. The van der Waals surface area contributed by atoms with Crippen LogP contribution in [0.25, 0.3) is 33.8 Å². The predicted molar refractivity (Wildman–Crippen MR) is 107 cm³/mol. The molecule has 29 heavy (non-hydrogen) atoms. The van der Waals surface area contributed by atoms with Crippen molar-refractivity contribution in [3.63, 3.8) is 0 Å². The summed E-state index contributed by atoms with van der Waals surface area (Å²) in [6.45, 7) is 4.08. The molecule has 0 radical (unpaired) electrons. The lowest BCUT2D eigenvalue weighted by molar-refractivity contribution is 0.0935. The number of nitrogens with one attached hydrogen (secondary N) is 1. The first-order chi connectivity index (χ1) is 14.1. The summed E-state index contributed by atoms with van der Waals surface area (Å²) in [6, 6.07) is 11.2. The predicted octanol–water partition coefficient (Wildman–Crippen LogP) is 5.21. The third-order valence-electron chi connectivity index (χ3n) is 4.89. The molecule has 0 atom stereocenters. The number of rotatable bonds is 6. The third-order valence-corrected chi connectivity index (χ3v) is 4.89. The summed E-state index contributed by atoms with van der Waals surface area (Å²) >= 11 is 0. The Morgan fingerprint density at radius 1 is 1.14 bits per heavy atom. The molecule has 0 aliphatic heterocycles. The van der Waals surface area contributed by atoms with Crippen molar-refractivity contribution in [2.45, 2.75) is 32.7 Å². The molecule has 0 unspecified atom stereocenters. The molecule has 0 aliphatic rings. The summed E-state index contributed by atoms with van der Waals surface area (Å²) in [6.07, 6.45) is 3.20. The van der Waals surface area contributed by atoms with E-state index in [1.165, 1.54) is 18.4 Å². The van der Waals surface area contributed by atoms with Crippen molar-refractivity contribution < 1.29 is 18.1 Å². The molecule has 0 saturated heterocycles. The molecule has 2 aromatic heterocycles. The number of fused-ring (bicyclic) bond motifs is 1. The first-order valence-corrected chi connectivity index (χ1v) is 9.51. The summed E-state index contributed by atoms with van der Waals surface area (Å²) in [5.74, 6) is -0.124. The Morgan fingerprint density at radius 3 is 2.62 bits per heavy atom. The quantitative estimate of drug-likeness (QED) is 0.486. The van der Waals surface area contributed by atoms with Gasteiger partial charge >= 0.3 is 0 Å². The van der Waals surface area contributed by atoms with Crippen LogP contribution in [-0.2, 0) is 0 Å². The van der Waals surface area contributed by atoms with Crippen LogP contribution in [0, 0.1) is 5.82 Å². The van der Waals surface area contributed by atoms with Gasteiger partial charge in [-0.2, -0.15) is 0 Å². The molecular formula is C22H20FN3O3. The number of nitrogens with zero attached hydrogens (tertiary/aromatic N) is 2. The Bertz CT molecular complexity index is 1140. The summed E-state index contributed by atoms with van der Waals surface area (Å²) in [5.41, 5.74) is 2.67. The number of benzene rings is 2. The van der Waals surface area contributed by atoms with E-state index in [1.54, 1.807) is 30.3 Å². The maximum Gasteiger partial charge on any atom is 0.251 e. The minimum atomic E-state index is -0.331. The van der Waals surface area contributed by atoms with Gasteiger partial charge < -0.3 is 14.3 Å². The van der Waals surface area contributed by atoms with E-state index in [0.29, 0.717) is 39.4 Å². The third kappa shape index (κ3) is 3.76. The number of hydrogen-bond donors (Lipinski definition) is 1. The van der Waals surface area contributed by atoms with Crippen molar-refractivity contribution >= 4 is 16.9 Å². The molecule has 4 rings (SSSR count). The molecule has 4 aromatic rings. The number of carbonyl (C=O) groups is 1. The second-order valence-electron chi connectivity index (χ2n) is 6.77. The van der Waals surface area contributed by atoms with E-state index in [-0.39, 0.29) is 17.8 Å². The standard InChI is InChI=1S/C22H20FN3O3/c1-3-16(4-2)24-21(27)14-7-10-19-17(11-14)20(26-29-19)18-12-28-22(25-18)13-5-8-15(23)9-6-13/h5-12,16H,3-4H2,1-2H3,(H,24,27). The molecule has 148 valence electrons. The van der Waals surface area contributed by atoms with Gasteiger partial charge in [-0.1, -0.05) is 19.0 Å². The van der Waals surface area contributed by atoms with Crippen LogP contribution < -0.4 is 5.32 Å². The van der Waals surface area contributed by atoms with Gasteiger partial charge in [0.25, 0.3) is 5.91 Å². The van der Waals surface area contributed by atoms with E-state index in [9.17, 15) is 9.18 Å². The van der Waals surface area contributed by atoms with Crippen LogP contribution in [-0.4, -0.2) is 22.1 Å². The first kappa shape index (κ1) is 18.9. The molecule has 7 heteroatoms. The molecule has 0 spiro atoms. The van der Waals surface area contributed by atoms with Crippen molar-refractivity contribution in [3.05, 3.63) is 60.1 Å². The number of hydrogen-bond acceptors (Lipinski definition) is 5. The van der Waals surface area contributed by atoms with Crippen LogP contribution >= 0.6 is 0 Å². The van der Waals surface area contributed by atoms with E-state index in [4.69, 9.17) is 8.94 Å². The van der Waals surface area contributed by atoms with Crippen molar-refractivity contribution in [3.8, 4) is 22.8 Å². The fourth-order valence-electron chi connectivity index (χ4n) is 3.13. The monoisotopic (exact) mass is 393 g/mol. The zero-order chi connectivity index (χ0) is 20.4. The normalized spacial score (nSPS) is 11.3. The van der Waals surface area contributed by atoms with Gasteiger partial charge in [0, 0.05) is 17.2 Å². The van der Waals surface area contributed by atoms with Crippen LogP contribution in [0.5, 0.6) is 0 Å². The van der Waals surface area contributed by atoms with Gasteiger partial charge in [-0.15, -0.1) is 0 Å². The van der Waals surface area contributed by atoms with Gasteiger partial charge in [0.2, 0.25) is 5.89 Å². The Morgan fingerprint density at radius 2 is 1.90 bits per heavy atom. The van der Waals surface area contributed by atoms with Gasteiger partial charge in [0.05, 0.1) is 5.39 Å². The molecule has 1 amide bonds. The second-order valence-corrected chi connectivity index (χ2v) is 6.77. The smallest absolute Gasteiger partial charge is 0.251 e. The number of halogens is 1. The van der Waals surface area contributed by atoms with Gasteiger partial charge in [-0.3, -0.25) is 4.79 Å². The molecule has 0 aliphatic carbocycles. The maximum atomic E-state index is 13.1. The molecule has 0 saturated carbocycles. The largest absolute Gasteiger partial charge is 0.444 e. The topological polar surface area (TPSA) is 81.2 Å². The molecule has 2 heterocycles. The zero-order valence-corrected chi connectivity index (χ0v) is 16.1. The fourth-order valence-corrected chi connectivity index (χ4v) is 3.13. The molecular weight excluding hydrogens is 373 g/mol. The Hall–Kier alpha value is -3.48. The molecule has 0 bridgehead atoms. The summed E-state index contributed by atoms with van der Waals surface area (Å²) in [7, 11) is 0. The van der Waals surface area contributed by atoms with Crippen molar-refractivity contribution in [2.24, 2.45) is 0 Å². The Balaban J connectivity index is 1.66. The van der Waals surface area contributed by atoms with Crippen LogP contribution in [0.1, 0.15) is 37.0 Å². The fraction of sp³-hybridized carbons (Fsp3) is 0.227. The average Bonchev–Trinajstić information content (AvgIpc) is 3.38. The van der Waals surface area contributed by atoms with Gasteiger partial charge in [0.15, 0.2) is 5.58 Å². The highest BCUT2D eigenvalue weighted by atomic mass is 19.1. The lowest BCUT2D eigenvalue weighted by Gasteiger charge is -2.14. The number of carbonyl (C=O) groups excluding carboxylic acids is 1. The Labute approximate surface area is 166 Å². The van der Waals surface area contributed by atoms with E-state index in [1.807, 2.05) is 13.8 Å². The number of oxazole rings is 1. The minimum Gasteiger partial charge on any atom is -0.444 e. The highest BCUT2D eigenvalue weighted by molar-refractivity contribution is 6.00. The minimum absolute atomic E-state index is 0.133. The number of amides is 1. The van der Waals surface area contributed by atoms with E-state index in [2.05, 4.69) is 15.5 Å². The van der Waals surface area contributed by atoms with Crippen LogP contribution in [0.2, 0.25) is 0 Å². The highest BCUT2D eigenvalue weighted by Gasteiger charge is 2.18. The summed E-state index contributed by atoms with van der Waals surface area (Å²) in [4.78, 5) is 17.0. The summed E-state index contributed by atoms with van der Waals surface area (Å²) < 4.78 is 24.0. The van der Waals surface area contributed by atoms with Crippen molar-refractivity contribution in [1.82, 2.24) is 15.5 Å². The van der Waals surface area contributed by atoms with E-state index in [0.717, 1.165) is 12.8 Å². The van der Waals surface area contributed by atoms with Gasteiger partial charge in [-0.05, 0) is 55.3 Å². The molecule has 6 nitrogen and oxygen atoms in total. The van der Waals surface area contributed by atoms with Gasteiger partial charge in [-0.25, -0.2) is 9.37 Å². The lowest BCUT2D eigenvalue weighted by atomic mass is 10.1. The van der Waals surface area contributed by atoms with Crippen LogP contribution in [0.15, 0.2) is 57.7 Å². The van der Waals surface area contributed by atoms with E-state index < -0.39 is 0 Å². The second kappa shape index (κ2) is 7.87. The lowest BCUT2D eigenvalue weighted by Crippen LogP contribution is -2.33. The van der Waals surface area contributed by atoms with Crippen molar-refractivity contribution in [2.75, 3.05) is 0 Å². The maximum absolute atomic E-state index is 13.1. The SMILES string of the molecule is CCC(CC)NC(=O)c1ccc2onc(-c3coc(-c4ccc(F)cc4)n3)c2c1. The van der Waals surface area contributed by atoms with Gasteiger partial charge in [0.1, 0.15) is 23.5 Å². The van der Waals surface area contributed by atoms with Crippen LogP contribution in [0.4, 0.5) is 4.39 Å². The Kier molecular flexibility index (Phi) is 5.12. The molecule has 1 N–H and O–H groups in total. The summed E-state index contributed by atoms with van der Waals surface area (Å²) in [5, 5.41) is 7.78. The van der Waals surface area contributed by atoms with Crippen LogP contribution in [0.3, 0.4) is 0 Å². The highest BCUT2D eigenvalue weighted by Crippen LogP contribution is 2.30. The average molecular weight is 393 g/mol. The molecule has 2 aromatic carbocycles.